The molecule has 0 unspecified atom stereocenters. The zero-order chi connectivity index (χ0) is 12.6. The zero-order valence-electron chi connectivity index (χ0n) is 9.67. The lowest BCUT2D eigenvalue weighted by molar-refractivity contribution is -0.117. The van der Waals surface area contributed by atoms with Crippen LogP contribution < -0.4 is 5.32 Å². The Bertz CT molecular complexity index is 296. The number of carbonyl (C=O) groups excluding carboxylic acids is 3. The molecule has 0 aromatic rings. The van der Waals surface area contributed by atoms with E-state index in [1.807, 2.05) is 5.32 Å². The Kier molecular flexibility index (Phi) is 6.83. The number of ketones is 1. The maximum absolute atomic E-state index is 11.0. The van der Waals surface area contributed by atoms with Crippen LogP contribution in [0.2, 0.25) is 0 Å². The standard InChI is InChI=1S/C11H17NO4/c1-8(2)10(14)12-11(15)16-7-5-4-6-9(3)13/h1,4-7H2,2-3H3,(H,12,14,15). The first-order chi connectivity index (χ1) is 7.43. The smallest absolute Gasteiger partial charge is 0.414 e. The molecule has 0 atom stereocenters. The van der Waals surface area contributed by atoms with Crippen molar-refractivity contribution in [2.45, 2.75) is 33.1 Å². The van der Waals surface area contributed by atoms with Gasteiger partial charge in [0.15, 0.2) is 0 Å². The highest BCUT2D eigenvalue weighted by atomic mass is 16.5. The number of carbonyl (C=O) groups is 3. The van der Waals surface area contributed by atoms with Gasteiger partial charge in [0.2, 0.25) is 0 Å². The Morgan fingerprint density at radius 3 is 2.31 bits per heavy atom. The largest absolute Gasteiger partial charge is 0.449 e. The molecule has 5 heteroatoms. The molecule has 5 nitrogen and oxygen atoms in total. The summed E-state index contributed by atoms with van der Waals surface area (Å²) in [5.41, 5.74) is 0.244. The maximum atomic E-state index is 11.0. The lowest BCUT2D eigenvalue weighted by atomic mass is 10.2. The molecule has 0 heterocycles. The summed E-state index contributed by atoms with van der Waals surface area (Å²) in [6, 6.07) is 0. The van der Waals surface area contributed by atoms with Gasteiger partial charge in [0.05, 0.1) is 6.61 Å². The van der Waals surface area contributed by atoms with Gasteiger partial charge in [-0.15, -0.1) is 0 Å². The van der Waals surface area contributed by atoms with E-state index in [4.69, 9.17) is 4.74 Å². The number of alkyl carbamates (subject to hydrolysis) is 1. The quantitative estimate of drug-likeness (QED) is 0.552. The fraction of sp³-hybridized carbons (Fsp3) is 0.545. The van der Waals surface area contributed by atoms with E-state index in [-0.39, 0.29) is 18.0 Å². The first-order valence-electron chi connectivity index (χ1n) is 5.06. The van der Waals surface area contributed by atoms with Crippen molar-refractivity contribution in [3.63, 3.8) is 0 Å². The molecule has 0 radical (unpaired) electrons. The van der Waals surface area contributed by atoms with Crippen molar-refractivity contribution in [2.24, 2.45) is 0 Å². The molecule has 0 aliphatic carbocycles. The molecule has 0 rings (SSSR count). The summed E-state index contributed by atoms with van der Waals surface area (Å²) in [6.07, 6.45) is 0.983. The molecule has 0 saturated heterocycles. The molecule has 2 amide bonds. The first kappa shape index (κ1) is 14.3. The van der Waals surface area contributed by atoms with Crippen LogP contribution in [-0.2, 0) is 14.3 Å². The summed E-state index contributed by atoms with van der Waals surface area (Å²) < 4.78 is 4.72. The van der Waals surface area contributed by atoms with Crippen molar-refractivity contribution in [3.05, 3.63) is 12.2 Å². The second-order valence-electron chi connectivity index (χ2n) is 3.53. The summed E-state index contributed by atoms with van der Waals surface area (Å²) in [5.74, 6) is -0.435. The van der Waals surface area contributed by atoms with E-state index in [0.717, 1.165) is 0 Å². The Morgan fingerprint density at radius 1 is 1.19 bits per heavy atom. The van der Waals surface area contributed by atoms with Gasteiger partial charge in [0.25, 0.3) is 5.91 Å². The van der Waals surface area contributed by atoms with E-state index >= 15 is 0 Å². The number of unbranched alkanes of at least 4 members (excludes halogenated alkanes) is 1. The molecule has 16 heavy (non-hydrogen) atoms. The van der Waals surface area contributed by atoms with E-state index in [2.05, 4.69) is 6.58 Å². The Hall–Kier alpha value is -1.65. The van der Waals surface area contributed by atoms with E-state index in [1.54, 1.807) is 0 Å². The number of amides is 2. The predicted octanol–water partition coefficient (Wildman–Crippen LogP) is 1.57. The minimum atomic E-state index is -0.782. The average Bonchev–Trinajstić information content (AvgIpc) is 2.16. The van der Waals surface area contributed by atoms with Crippen LogP contribution in [0.1, 0.15) is 33.1 Å². The monoisotopic (exact) mass is 227 g/mol. The molecule has 0 bridgehead atoms. The number of imide groups is 1. The van der Waals surface area contributed by atoms with Gasteiger partial charge in [0, 0.05) is 12.0 Å². The van der Waals surface area contributed by atoms with Gasteiger partial charge in [-0.25, -0.2) is 4.79 Å². The number of nitrogens with one attached hydrogen (secondary N) is 1. The molecule has 0 aromatic heterocycles. The van der Waals surface area contributed by atoms with Crippen LogP contribution in [0.3, 0.4) is 0 Å². The SMILES string of the molecule is C=C(C)C(=O)NC(=O)OCCCCC(C)=O. The summed E-state index contributed by atoms with van der Waals surface area (Å²) in [6.45, 7) is 6.59. The number of rotatable bonds is 6. The highest BCUT2D eigenvalue weighted by Crippen LogP contribution is 1.97. The Morgan fingerprint density at radius 2 is 1.81 bits per heavy atom. The van der Waals surface area contributed by atoms with Gasteiger partial charge in [-0.2, -0.15) is 0 Å². The van der Waals surface area contributed by atoms with Crippen LogP contribution >= 0.6 is 0 Å². The van der Waals surface area contributed by atoms with Crippen molar-refractivity contribution < 1.29 is 19.1 Å². The number of Topliss-reactive ketones (excluding diaryl/α,β-unsaturated/α-hetero) is 1. The Balaban J connectivity index is 3.55. The second kappa shape index (κ2) is 7.62. The maximum Gasteiger partial charge on any atom is 0.414 e. The third-order valence-electron chi connectivity index (χ3n) is 1.76. The summed E-state index contributed by atoms with van der Waals surface area (Å²) >= 11 is 0. The Labute approximate surface area is 94.8 Å². The average molecular weight is 227 g/mol. The van der Waals surface area contributed by atoms with Crippen LogP contribution in [0, 0.1) is 0 Å². The number of hydrogen-bond donors (Lipinski definition) is 1. The third-order valence-corrected chi connectivity index (χ3v) is 1.76. The molecule has 90 valence electrons. The zero-order valence-corrected chi connectivity index (χ0v) is 9.67. The van der Waals surface area contributed by atoms with Gasteiger partial charge >= 0.3 is 6.09 Å². The third kappa shape index (κ3) is 7.73. The van der Waals surface area contributed by atoms with Crippen LogP contribution in [0.5, 0.6) is 0 Å². The molecule has 1 N–H and O–H groups in total. The highest BCUT2D eigenvalue weighted by Gasteiger charge is 2.08. The van der Waals surface area contributed by atoms with Crippen LogP contribution in [0.4, 0.5) is 4.79 Å². The van der Waals surface area contributed by atoms with Crippen molar-refractivity contribution in [3.8, 4) is 0 Å². The fourth-order valence-electron chi connectivity index (χ4n) is 0.876. The first-order valence-corrected chi connectivity index (χ1v) is 5.06. The van der Waals surface area contributed by atoms with Crippen LogP contribution in [-0.4, -0.2) is 24.4 Å². The van der Waals surface area contributed by atoms with Gasteiger partial charge in [-0.05, 0) is 26.7 Å². The van der Waals surface area contributed by atoms with Gasteiger partial charge < -0.3 is 9.53 Å². The van der Waals surface area contributed by atoms with Crippen LogP contribution in [0.15, 0.2) is 12.2 Å². The second-order valence-corrected chi connectivity index (χ2v) is 3.53. The highest BCUT2D eigenvalue weighted by molar-refractivity contribution is 6.01. The van der Waals surface area contributed by atoms with E-state index in [9.17, 15) is 14.4 Å². The summed E-state index contributed by atoms with van der Waals surface area (Å²) in [5, 5.41) is 2.01. The normalized spacial score (nSPS) is 9.38. The molecular formula is C11H17NO4. The number of ether oxygens (including phenoxy) is 1. The molecule has 0 aliphatic rings. The molecule has 0 spiro atoms. The molecular weight excluding hydrogens is 210 g/mol. The van der Waals surface area contributed by atoms with Gasteiger partial charge in [-0.3, -0.25) is 10.1 Å². The minimum Gasteiger partial charge on any atom is -0.449 e. The molecule has 0 aliphatic heterocycles. The molecule has 0 aromatic carbocycles. The van der Waals surface area contributed by atoms with Crippen molar-refractivity contribution in [1.29, 1.82) is 0 Å². The lowest BCUT2D eigenvalue weighted by Gasteiger charge is -2.05. The topological polar surface area (TPSA) is 72.5 Å². The summed E-state index contributed by atoms with van der Waals surface area (Å²) in [7, 11) is 0. The van der Waals surface area contributed by atoms with Crippen molar-refractivity contribution >= 4 is 17.8 Å². The van der Waals surface area contributed by atoms with Crippen molar-refractivity contribution in [1.82, 2.24) is 5.32 Å². The van der Waals surface area contributed by atoms with E-state index < -0.39 is 12.0 Å². The van der Waals surface area contributed by atoms with Crippen LogP contribution in [0.25, 0.3) is 0 Å². The lowest BCUT2D eigenvalue weighted by Crippen LogP contribution is -2.31. The minimum absolute atomic E-state index is 0.113. The van der Waals surface area contributed by atoms with Crippen molar-refractivity contribution in [2.75, 3.05) is 6.61 Å². The van der Waals surface area contributed by atoms with Gasteiger partial charge in [-0.1, -0.05) is 6.58 Å². The predicted molar refractivity (Wildman–Crippen MR) is 58.8 cm³/mol. The summed E-state index contributed by atoms with van der Waals surface area (Å²) in [4.78, 5) is 32.6. The van der Waals surface area contributed by atoms with E-state index in [0.29, 0.717) is 19.3 Å². The van der Waals surface area contributed by atoms with E-state index in [1.165, 1.54) is 13.8 Å². The fourth-order valence-corrected chi connectivity index (χ4v) is 0.876. The number of hydrogen-bond acceptors (Lipinski definition) is 4. The van der Waals surface area contributed by atoms with Gasteiger partial charge in [0.1, 0.15) is 5.78 Å². The molecule has 0 saturated carbocycles. The molecule has 0 fully saturated rings.